The highest BCUT2D eigenvalue weighted by atomic mass is 16.5. The molecule has 0 radical (unpaired) electrons. The number of ether oxygens (including phenoxy) is 1. The van der Waals surface area contributed by atoms with Crippen LogP contribution < -0.4 is 11.1 Å². The van der Waals surface area contributed by atoms with Crippen LogP contribution in [0.1, 0.15) is 45.6 Å². The molecule has 2 aliphatic carbocycles. The second-order valence-electron chi connectivity index (χ2n) is 7.30. The molecule has 4 N–H and O–H groups in total. The zero-order valence-corrected chi connectivity index (χ0v) is 21.1. The second kappa shape index (κ2) is 22.9. The minimum absolute atomic E-state index is 0.101. The molecule has 2 unspecified atom stereocenters. The predicted molar refractivity (Wildman–Crippen MR) is 143 cm³/mol. The van der Waals surface area contributed by atoms with Gasteiger partial charge in [0, 0.05) is 13.0 Å². The quantitative estimate of drug-likeness (QED) is 0.501. The molecular weight excluding hydrogens is 408 g/mol. The Bertz CT molecular complexity index is 673. The summed E-state index contributed by atoms with van der Waals surface area (Å²) in [5, 5.41) is 12.2. The van der Waals surface area contributed by atoms with Gasteiger partial charge in [0.1, 0.15) is 0 Å². The summed E-state index contributed by atoms with van der Waals surface area (Å²) in [5.74, 6) is 0. The van der Waals surface area contributed by atoms with E-state index in [0.717, 1.165) is 19.5 Å². The number of allylic oxidation sites excluding steroid dienone is 1. The Labute approximate surface area is 202 Å². The zero-order chi connectivity index (χ0) is 24.6. The van der Waals surface area contributed by atoms with Gasteiger partial charge in [-0.2, -0.15) is 0 Å². The van der Waals surface area contributed by atoms with Crippen LogP contribution in [0.4, 0.5) is 0 Å². The number of nitrogens with two attached hydrogens (primary N) is 1. The van der Waals surface area contributed by atoms with E-state index >= 15 is 0 Å². The Morgan fingerprint density at radius 2 is 1.48 bits per heavy atom. The molecule has 4 rings (SSSR count). The maximum Gasteiger partial charge on any atom is 0.0784 e. The van der Waals surface area contributed by atoms with Crippen molar-refractivity contribution >= 4 is 0 Å². The molecule has 33 heavy (non-hydrogen) atoms. The van der Waals surface area contributed by atoms with E-state index in [1.54, 1.807) is 6.08 Å². The van der Waals surface area contributed by atoms with E-state index in [4.69, 9.17) is 10.5 Å². The summed E-state index contributed by atoms with van der Waals surface area (Å²) in [5.41, 5.74) is 7.98. The van der Waals surface area contributed by atoms with Gasteiger partial charge in [0.25, 0.3) is 0 Å². The molecule has 2 aromatic rings. The van der Waals surface area contributed by atoms with Gasteiger partial charge in [0.2, 0.25) is 0 Å². The lowest BCUT2D eigenvalue weighted by Gasteiger charge is -2.10. The lowest BCUT2D eigenvalue weighted by Crippen LogP contribution is -2.12. The van der Waals surface area contributed by atoms with Gasteiger partial charge in [-0.1, -0.05) is 111 Å². The van der Waals surface area contributed by atoms with Gasteiger partial charge in [-0.15, -0.1) is 0 Å². The lowest BCUT2D eigenvalue weighted by atomic mass is 10.00. The molecule has 0 aromatic heterocycles. The van der Waals surface area contributed by atoms with Gasteiger partial charge in [0.15, 0.2) is 0 Å². The standard InChI is InChI=1S/C13H16O2.C6H6.C5H9N.C3H9N.C2H6/c14-12-6-7-13(10-12)15-9-8-11-4-2-1-3-5-11;1-2-4-6-5-3-1;6-4-5-2-1-3-5;1-3-4-2;1-2/h1-7,12-14H,8-10H2;1-6H;2H,1,3-4,6H2;4H,3H2,1-2H3;1-2H3. The highest BCUT2D eigenvalue weighted by Gasteiger charge is 2.16. The third-order valence-corrected chi connectivity index (χ3v) is 4.77. The molecule has 2 aliphatic rings. The van der Waals surface area contributed by atoms with E-state index in [2.05, 4.69) is 30.4 Å². The van der Waals surface area contributed by atoms with Crippen LogP contribution in [0.25, 0.3) is 0 Å². The minimum Gasteiger partial charge on any atom is -0.389 e. The van der Waals surface area contributed by atoms with E-state index < -0.39 is 0 Å². The fraction of sp³-hybridized carbons (Fsp3) is 0.448. The number of hydrogen-bond acceptors (Lipinski definition) is 4. The van der Waals surface area contributed by atoms with E-state index in [1.165, 1.54) is 24.0 Å². The maximum absolute atomic E-state index is 9.25. The van der Waals surface area contributed by atoms with Crippen molar-refractivity contribution in [3.05, 3.63) is 96.1 Å². The Morgan fingerprint density at radius 1 is 0.970 bits per heavy atom. The lowest BCUT2D eigenvalue weighted by molar-refractivity contribution is 0.0660. The normalized spacial score (nSPS) is 17.2. The van der Waals surface area contributed by atoms with E-state index in [-0.39, 0.29) is 12.2 Å². The van der Waals surface area contributed by atoms with Crippen molar-refractivity contribution in [2.45, 2.75) is 58.7 Å². The Hall–Kier alpha value is -2.24. The number of rotatable bonds is 6. The number of aliphatic hydroxyl groups is 1. The molecule has 0 saturated heterocycles. The molecule has 0 bridgehead atoms. The Kier molecular flexibility index (Phi) is 21.4. The summed E-state index contributed by atoms with van der Waals surface area (Å²) >= 11 is 0. The number of aliphatic hydroxyl groups excluding tert-OH is 1. The first kappa shape index (κ1) is 30.8. The first-order valence-electron chi connectivity index (χ1n) is 12.2. The van der Waals surface area contributed by atoms with E-state index in [0.29, 0.717) is 13.0 Å². The molecule has 0 spiro atoms. The van der Waals surface area contributed by atoms with Crippen LogP contribution in [0.15, 0.2) is 90.5 Å². The number of hydrogen-bond donors (Lipinski definition) is 3. The van der Waals surface area contributed by atoms with E-state index in [9.17, 15) is 5.11 Å². The molecule has 2 aromatic carbocycles. The summed E-state index contributed by atoms with van der Waals surface area (Å²) in [4.78, 5) is 0. The Morgan fingerprint density at radius 3 is 1.82 bits per heavy atom. The molecule has 0 aliphatic heterocycles. The summed E-state index contributed by atoms with van der Waals surface area (Å²) in [7, 11) is 1.93. The van der Waals surface area contributed by atoms with Crippen LogP contribution in [-0.2, 0) is 11.2 Å². The van der Waals surface area contributed by atoms with Crippen LogP contribution >= 0.6 is 0 Å². The highest BCUT2D eigenvalue weighted by Crippen LogP contribution is 2.15. The molecule has 4 nitrogen and oxygen atoms in total. The predicted octanol–water partition coefficient (Wildman–Crippen LogP) is 5.54. The van der Waals surface area contributed by atoms with Gasteiger partial charge < -0.3 is 20.9 Å². The SMILES string of the molecule is CC.CCNC.NCC1=CCC1.OC1C=CC(OCCc2ccccc2)C1.c1ccccc1. The molecule has 0 amide bonds. The van der Waals surface area contributed by atoms with Crippen LogP contribution in [0.3, 0.4) is 0 Å². The summed E-state index contributed by atoms with van der Waals surface area (Å²) in [6, 6.07) is 22.3. The van der Waals surface area contributed by atoms with Crippen molar-refractivity contribution in [3.8, 4) is 0 Å². The minimum atomic E-state index is -0.313. The molecule has 4 heteroatoms. The van der Waals surface area contributed by atoms with E-state index in [1.807, 2.05) is 81.6 Å². The monoisotopic (exact) mass is 454 g/mol. The third-order valence-electron chi connectivity index (χ3n) is 4.77. The van der Waals surface area contributed by atoms with Crippen molar-refractivity contribution in [1.82, 2.24) is 5.32 Å². The molecule has 2 atom stereocenters. The van der Waals surface area contributed by atoms with Crippen LogP contribution in [0, 0.1) is 0 Å². The fourth-order valence-electron chi connectivity index (χ4n) is 2.66. The van der Waals surface area contributed by atoms with Gasteiger partial charge in [0.05, 0.1) is 18.8 Å². The van der Waals surface area contributed by atoms with Gasteiger partial charge in [-0.25, -0.2) is 0 Å². The second-order valence-corrected chi connectivity index (χ2v) is 7.30. The van der Waals surface area contributed by atoms with Crippen LogP contribution in [0.5, 0.6) is 0 Å². The number of nitrogens with one attached hydrogen (secondary N) is 1. The third kappa shape index (κ3) is 17.9. The smallest absolute Gasteiger partial charge is 0.0784 e. The molecule has 0 fully saturated rings. The molecular formula is C29H46N2O2. The Balaban J connectivity index is 0.000000470. The van der Waals surface area contributed by atoms with Crippen molar-refractivity contribution in [1.29, 1.82) is 0 Å². The first-order chi connectivity index (χ1) is 16.2. The van der Waals surface area contributed by atoms with Crippen molar-refractivity contribution in [2.24, 2.45) is 5.73 Å². The summed E-state index contributed by atoms with van der Waals surface area (Å²) in [6.45, 7) is 8.63. The molecule has 184 valence electrons. The van der Waals surface area contributed by atoms with Gasteiger partial charge in [-0.05, 0) is 38.4 Å². The van der Waals surface area contributed by atoms with Crippen LogP contribution in [0.2, 0.25) is 0 Å². The fourth-order valence-corrected chi connectivity index (χ4v) is 2.66. The van der Waals surface area contributed by atoms with Gasteiger partial charge in [-0.3, -0.25) is 0 Å². The average molecular weight is 455 g/mol. The average Bonchev–Trinajstić information content (AvgIpc) is 3.27. The summed E-state index contributed by atoms with van der Waals surface area (Å²) in [6.07, 6.45) is 9.86. The summed E-state index contributed by atoms with van der Waals surface area (Å²) < 4.78 is 5.63. The van der Waals surface area contributed by atoms with Gasteiger partial charge >= 0.3 is 0 Å². The van der Waals surface area contributed by atoms with Crippen molar-refractivity contribution < 1.29 is 9.84 Å². The molecule has 0 heterocycles. The largest absolute Gasteiger partial charge is 0.389 e. The maximum atomic E-state index is 9.25. The molecule has 0 saturated carbocycles. The van der Waals surface area contributed by atoms with Crippen LogP contribution in [-0.4, -0.2) is 44.1 Å². The van der Waals surface area contributed by atoms with Crippen molar-refractivity contribution in [3.63, 3.8) is 0 Å². The number of benzene rings is 2. The first-order valence-corrected chi connectivity index (χ1v) is 12.2. The topological polar surface area (TPSA) is 67.5 Å². The highest BCUT2D eigenvalue weighted by molar-refractivity contribution is 5.15. The zero-order valence-electron chi connectivity index (χ0n) is 21.1. The van der Waals surface area contributed by atoms with Crippen molar-refractivity contribution in [2.75, 3.05) is 26.7 Å².